The highest BCUT2D eigenvalue weighted by Gasteiger charge is 2.20. The smallest absolute Gasteiger partial charge is 0.387 e. The van der Waals surface area contributed by atoms with E-state index in [-0.39, 0.29) is 48.6 Å². The maximum absolute atomic E-state index is 12.5. The largest absolute Gasteiger partial charge is 0.434 e. The summed E-state index contributed by atoms with van der Waals surface area (Å²) in [7, 11) is -3.35. The fraction of sp³-hybridized carbons (Fsp3) is 0.611. The van der Waals surface area contributed by atoms with E-state index in [2.05, 4.69) is 25.1 Å². The summed E-state index contributed by atoms with van der Waals surface area (Å²) in [5.41, 5.74) is 0.509. The molecule has 0 amide bonds. The Bertz CT molecular complexity index is 746. The first kappa shape index (κ1) is 25.8. The van der Waals surface area contributed by atoms with Gasteiger partial charge in [-0.05, 0) is 31.7 Å². The fourth-order valence-corrected chi connectivity index (χ4v) is 3.67. The third-order valence-electron chi connectivity index (χ3n) is 4.42. The molecule has 0 spiro atoms. The van der Waals surface area contributed by atoms with Crippen molar-refractivity contribution in [2.24, 2.45) is 10.9 Å². The molecule has 7 nitrogen and oxygen atoms in total. The molecule has 1 aliphatic carbocycles. The maximum Gasteiger partial charge on any atom is 0.387 e. The number of ether oxygens (including phenoxy) is 1. The molecule has 0 aromatic heterocycles. The molecular formula is C18H29F2IN4O3S. The second-order valence-corrected chi connectivity index (χ2v) is 8.50. The van der Waals surface area contributed by atoms with Crippen molar-refractivity contribution in [1.29, 1.82) is 0 Å². The summed E-state index contributed by atoms with van der Waals surface area (Å²) in [5, 5.41) is 5.96. The lowest BCUT2D eigenvalue weighted by molar-refractivity contribution is -0.0504. The van der Waals surface area contributed by atoms with Crippen LogP contribution in [0.15, 0.2) is 29.3 Å². The SMILES string of the molecule is CCNC(=NCc1ccccc1OC(F)F)NCCS(=O)(=O)NCC1CCC1.I. The third-order valence-corrected chi connectivity index (χ3v) is 5.77. The maximum atomic E-state index is 12.5. The van der Waals surface area contributed by atoms with E-state index in [1.807, 2.05) is 6.92 Å². The van der Waals surface area contributed by atoms with Gasteiger partial charge in [-0.3, -0.25) is 0 Å². The van der Waals surface area contributed by atoms with Crippen molar-refractivity contribution >= 4 is 40.0 Å². The number of para-hydroxylation sites is 1. The van der Waals surface area contributed by atoms with Gasteiger partial charge in [-0.25, -0.2) is 18.1 Å². The number of sulfonamides is 1. The topological polar surface area (TPSA) is 91.8 Å². The minimum absolute atomic E-state index is 0. The van der Waals surface area contributed by atoms with E-state index < -0.39 is 16.6 Å². The van der Waals surface area contributed by atoms with Gasteiger partial charge in [-0.1, -0.05) is 24.6 Å². The second kappa shape index (κ2) is 13.2. The molecule has 1 aliphatic rings. The number of nitrogens with one attached hydrogen (secondary N) is 3. The van der Waals surface area contributed by atoms with Crippen molar-refractivity contribution in [2.75, 3.05) is 25.4 Å². The predicted molar refractivity (Wildman–Crippen MR) is 120 cm³/mol. The van der Waals surface area contributed by atoms with Gasteiger partial charge in [0.25, 0.3) is 0 Å². The highest BCUT2D eigenvalue weighted by Crippen LogP contribution is 2.25. The molecule has 0 aliphatic heterocycles. The molecule has 0 saturated heterocycles. The molecular weight excluding hydrogens is 517 g/mol. The molecule has 0 bridgehead atoms. The minimum Gasteiger partial charge on any atom is -0.434 e. The van der Waals surface area contributed by atoms with Gasteiger partial charge in [-0.15, -0.1) is 24.0 Å². The van der Waals surface area contributed by atoms with Gasteiger partial charge < -0.3 is 15.4 Å². The highest BCUT2D eigenvalue weighted by molar-refractivity contribution is 14.0. The Morgan fingerprint density at radius 2 is 2.00 bits per heavy atom. The van der Waals surface area contributed by atoms with Crippen LogP contribution in [0.5, 0.6) is 5.75 Å². The van der Waals surface area contributed by atoms with Crippen molar-refractivity contribution in [1.82, 2.24) is 15.4 Å². The number of guanidine groups is 1. The van der Waals surface area contributed by atoms with Crippen molar-refractivity contribution in [2.45, 2.75) is 39.3 Å². The summed E-state index contributed by atoms with van der Waals surface area (Å²) in [5.74, 6) is 0.857. The van der Waals surface area contributed by atoms with E-state index in [1.165, 1.54) is 12.5 Å². The van der Waals surface area contributed by atoms with Crippen LogP contribution in [-0.2, 0) is 16.6 Å². The van der Waals surface area contributed by atoms with Crippen LogP contribution in [-0.4, -0.2) is 46.4 Å². The molecule has 1 saturated carbocycles. The zero-order chi connectivity index (χ0) is 20.4. The Labute approximate surface area is 188 Å². The van der Waals surface area contributed by atoms with Crippen LogP contribution in [0.3, 0.4) is 0 Å². The van der Waals surface area contributed by atoms with Gasteiger partial charge >= 0.3 is 6.61 Å². The Morgan fingerprint density at radius 3 is 2.62 bits per heavy atom. The zero-order valence-electron chi connectivity index (χ0n) is 16.4. The number of hydrogen-bond acceptors (Lipinski definition) is 4. The Kier molecular flexibility index (Phi) is 11.7. The quantitative estimate of drug-likeness (QED) is 0.226. The Morgan fingerprint density at radius 1 is 1.28 bits per heavy atom. The van der Waals surface area contributed by atoms with E-state index in [4.69, 9.17) is 0 Å². The summed E-state index contributed by atoms with van der Waals surface area (Å²) in [6.45, 7) is 0.341. The van der Waals surface area contributed by atoms with Crippen molar-refractivity contribution in [3.05, 3.63) is 29.8 Å². The summed E-state index contributed by atoms with van der Waals surface area (Å²) < 4.78 is 56.2. The van der Waals surface area contributed by atoms with Gasteiger partial charge in [0.2, 0.25) is 10.0 Å². The molecule has 11 heteroatoms. The third kappa shape index (κ3) is 9.90. The van der Waals surface area contributed by atoms with E-state index in [0.29, 0.717) is 30.5 Å². The average Bonchev–Trinajstić information content (AvgIpc) is 2.58. The predicted octanol–water partition coefficient (Wildman–Crippen LogP) is 2.68. The van der Waals surface area contributed by atoms with E-state index in [0.717, 1.165) is 12.8 Å². The lowest BCUT2D eigenvalue weighted by atomic mass is 9.86. The highest BCUT2D eigenvalue weighted by atomic mass is 127. The average molecular weight is 546 g/mol. The molecule has 3 N–H and O–H groups in total. The number of alkyl halides is 2. The number of hydrogen-bond donors (Lipinski definition) is 3. The monoisotopic (exact) mass is 546 g/mol. The molecule has 1 aromatic carbocycles. The Balaban J connectivity index is 0.00000420. The van der Waals surface area contributed by atoms with E-state index in [9.17, 15) is 17.2 Å². The molecule has 1 aromatic rings. The van der Waals surface area contributed by atoms with Crippen molar-refractivity contribution in [3.8, 4) is 5.75 Å². The van der Waals surface area contributed by atoms with Crippen molar-refractivity contribution < 1.29 is 21.9 Å². The number of benzene rings is 1. The summed E-state index contributed by atoms with van der Waals surface area (Å²) in [6.07, 6.45) is 3.32. The Hall–Kier alpha value is -1.21. The molecule has 29 heavy (non-hydrogen) atoms. The van der Waals surface area contributed by atoms with Gasteiger partial charge in [-0.2, -0.15) is 8.78 Å². The van der Waals surface area contributed by atoms with Crippen LogP contribution in [0.2, 0.25) is 0 Å². The van der Waals surface area contributed by atoms with Crippen LogP contribution >= 0.6 is 24.0 Å². The first-order valence-corrected chi connectivity index (χ1v) is 11.1. The van der Waals surface area contributed by atoms with Crippen LogP contribution < -0.4 is 20.1 Å². The van der Waals surface area contributed by atoms with Gasteiger partial charge in [0.1, 0.15) is 5.75 Å². The number of nitrogens with zero attached hydrogens (tertiary/aromatic N) is 1. The standard InChI is InChI=1S/C18H28F2N4O3S.HI/c1-2-21-18(22-10-11-28(25,26)24-12-14-6-5-7-14)23-13-15-8-3-4-9-16(15)27-17(19)20;/h3-4,8-9,14,17,24H,2,5-7,10-13H2,1H3,(H2,21,22,23);1H. The van der Waals surface area contributed by atoms with Gasteiger partial charge in [0.15, 0.2) is 5.96 Å². The van der Waals surface area contributed by atoms with Crippen molar-refractivity contribution in [3.63, 3.8) is 0 Å². The first-order chi connectivity index (χ1) is 13.4. The number of aliphatic imine (C=N–C) groups is 1. The molecule has 0 atom stereocenters. The normalized spacial score (nSPS) is 14.8. The molecule has 2 rings (SSSR count). The molecule has 1 fully saturated rings. The number of halogens is 3. The van der Waals surface area contributed by atoms with Crippen LogP contribution in [0, 0.1) is 5.92 Å². The van der Waals surface area contributed by atoms with Crippen LogP contribution in [0.4, 0.5) is 8.78 Å². The molecule has 0 unspecified atom stereocenters. The van der Waals surface area contributed by atoms with Gasteiger partial charge in [0, 0.05) is 25.2 Å². The minimum atomic E-state index is -3.35. The van der Waals surface area contributed by atoms with E-state index in [1.54, 1.807) is 18.2 Å². The van der Waals surface area contributed by atoms with Crippen LogP contribution in [0.25, 0.3) is 0 Å². The zero-order valence-corrected chi connectivity index (χ0v) is 19.5. The summed E-state index contributed by atoms with van der Waals surface area (Å²) in [6, 6.07) is 6.43. The molecule has 166 valence electrons. The lowest BCUT2D eigenvalue weighted by Crippen LogP contribution is -2.42. The summed E-state index contributed by atoms with van der Waals surface area (Å²) in [4.78, 5) is 4.32. The first-order valence-electron chi connectivity index (χ1n) is 9.42. The fourth-order valence-electron chi connectivity index (χ4n) is 2.67. The molecule has 0 heterocycles. The molecule has 0 radical (unpaired) electrons. The van der Waals surface area contributed by atoms with Gasteiger partial charge in [0.05, 0.1) is 12.3 Å². The van der Waals surface area contributed by atoms with Crippen LogP contribution in [0.1, 0.15) is 31.7 Å². The number of rotatable bonds is 11. The lowest BCUT2D eigenvalue weighted by Gasteiger charge is -2.25. The summed E-state index contributed by atoms with van der Waals surface area (Å²) >= 11 is 0. The second-order valence-electron chi connectivity index (χ2n) is 6.57. The van der Waals surface area contributed by atoms with E-state index >= 15 is 0 Å².